The van der Waals surface area contributed by atoms with E-state index in [2.05, 4.69) is 25.1 Å². The Bertz CT molecular complexity index is 352. The normalized spacial score (nSPS) is 24.3. The molecule has 0 saturated carbocycles. The molecular weight excluding hydrogens is 200 g/mol. The molecule has 1 aliphatic heterocycles. The van der Waals surface area contributed by atoms with Gasteiger partial charge in [-0.3, -0.25) is 0 Å². The Labute approximate surface area is 97.3 Å². The SMILES string of the molecule is Cc1cccc(CC(C)(O)C2CCOC2)c1. The average Bonchev–Trinajstić information content (AvgIpc) is 2.69. The fourth-order valence-corrected chi connectivity index (χ4v) is 2.40. The lowest BCUT2D eigenvalue weighted by Gasteiger charge is -2.29. The molecule has 1 saturated heterocycles. The summed E-state index contributed by atoms with van der Waals surface area (Å²) in [5, 5.41) is 10.5. The van der Waals surface area contributed by atoms with Crippen LogP contribution in [-0.4, -0.2) is 23.9 Å². The van der Waals surface area contributed by atoms with Crippen LogP contribution in [0, 0.1) is 12.8 Å². The summed E-state index contributed by atoms with van der Waals surface area (Å²) in [5.41, 5.74) is 1.80. The van der Waals surface area contributed by atoms with Gasteiger partial charge in [-0.25, -0.2) is 0 Å². The number of ether oxygens (including phenoxy) is 1. The van der Waals surface area contributed by atoms with Crippen LogP contribution < -0.4 is 0 Å². The third kappa shape index (κ3) is 2.63. The Balaban J connectivity index is 2.07. The fraction of sp³-hybridized carbons (Fsp3) is 0.571. The van der Waals surface area contributed by atoms with Gasteiger partial charge in [-0.05, 0) is 25.8 Å². The van der Waals surface area contributed by atoms with Crippen molar-refractivity contribution in [3.63, 3.8) is 0 Å². The van der Waals surface area contributed by atoms with Crippen molar-refractivity contribution in [3.8, 4) is 0 Å². The van der Waals surface area contributed by atoms with Gasteiger partial charge >= 0.3 is 0 Å². The molecule has 1 aromatic carbocycles. The zero-order valence-corrected chi connectivity index (χ0v) is 10.1. The third-order valence-corrected chi connectivity index (χ3v) is 3.45. The van der Waals surface area contributed by atoms with Crippen molar-refractivity contribution in [1.29, 1.82) is 0 Å². The molecule has 0 radical (unpaired) electrons. The number of hydrogen-bond donors (Lipinski definition) is 1. The van der Waals surface area contributed by atoms with Gasteiger partial charge < -0.3 is 9.84 Å². The van der Waals surface area contributed by atoms with Gasteiger partial charge in [0, 0.05) is 18.9 Å². The summed E-state index contributed by atoms with van der Waals surface area (Å²) in [4.78, 5) is 0. The highest BCUT2D eigenvalue weighted by Crippen LogP contribution is 2.29. The molecule has 2 rings (SSSR count). The van der Waals surface area contributed by atoms with Crippen LogP contribution in [0.2, 0.25) is 0 Å². The molecule has 0 bridgehead atoms. The Morgan fingerprint density at radius 2 is 2.31 bits per heavy atom. The monoisotopic (exact) mass is 220 g/mol. The minimum absolute atomic E-state index is 0.271. The first-order valence-corrected chi connectivity index (χ1v) is 5.93. The van der Waals surface area contributed by atoms with Gasteiger partial charge in [0.1, 0.15) is 0 Å². The minimum Gasteiger partial charge on any atom is -0.389 e. The Morgan fingerprint density at radius 3 is 2.94 bits per heavy atom. The highest BCUT2D eigenvalue weighted by atomic mass is 16.5. The average molecular weight is 220 g/mol. The van der Waals surface area contributed by atoms with Crippen LogP contribution in [0.4, 0.5) is 0 Å². The molecule has 2 atom stereocenters. The number of aryl methyl sites for hydroxylation is 1. The lowest BCUT2D eigenvalue weighted by molar-refractivity contribution is -0.00454. The molecule has 16 heavy (non-hydrogen) atoms. The first kappa shape index (κ1) is 11.6. The molecule has 1 fully saturated rings. The van der Waals surface area contributed by atoms with E-state index in [1.165, 1.54) is 11.1 Å². The Morgan fingerprint density at radius 1 is 1.50 bits per heavy atom. The summed E-state index contributed by atoms with van der Waals surface area (Å²) < 4.78 is 5.34. The van der Waals surface area contributed by atoms with E-state index >= 15 is 0 Å². The first-order chi connectivity index (χ1) is 7.58. The predicted octanol–water partition coefficient (Wildman–Crippen LogP) is 2.33. The van der Waals surface area contributed by atoms with Crippen LogP contribution in [0.25, 0.3) is 0 Å². The van der Waals surface area contributed by atoms with Crippen molar-refractivity contribution in [2.24, 2.45) is 5.92 Å². The van der Waals surface area contributed by atoms with Gasteiger partial charge in [0.25, 0.3) is 0 Å². The standard InChI is InChI=1S/C14H20O2/c1-11-4-3-5-12(8-11)9-14(2,15)13-6-7-16-10-13/h3-5,8,13,15H,6-7,9-10H2,1-2H3. The Hall–Kier alpha value is -0.860. The maximum atomic E-state index is 10.5. The van der Waals surface area contributed by atoms with Crippen molar-refractivity contribution >= 4 is 0 Å². The van der Waals surface area contributed by atoms with Crippen molar-refractivity contribution in [2.45, 2.75) is 32.3 Å². The second-order valence-electron chi connectivity index (χ2n) is 5.08. The predicted molar refractivity (Wildman–Crippen MR) is 64.4 cm³/mol. The van der Waals surface area contributed by atoms with Gasteiger partial charge in [-0.1, -0.05) is 29.8 Å². The van der Waals surface area contributed by atoms with Crippen LogP contribution in [0.3, 0.4) is 0 Å². The van der Waals surface area contributed by atoms with E-state index in [1.807, 2.05) is 13.0 Å². The molecule has 1 aliphatic rings. The molecule has 0 amide bonds. The summed E-state index contributed by atoms with van der Waals surface area (Å²) in [6.45, 7) is 5.49. The van der Waals surface area contributed by atoms with E-state index in [9.17, 15) is 5.11 Å². The highest BCUT2D eigenvalue weighted by Gasteiger charge is 2.34. The largest absolute Gasteiger partial charge is 0.389 e. The van der Waals surface area contributed by atoms with E-state index in [1.54, 1.807) is 0 Å². The lowest BCUT2D eigenvalue weighted by Crippen LogP contribution is -2.37. The quantitative estimate of drug-likeness (QED) is 0.847. The van der Waals surface area contributed by atoms with Crippen molar-refractivity contribution in [2.75, 3.05) is 13.2 Å². The van der Waals surface area contributed by atoms with Gasteiger partial charge in [0.15, 0.2) is 0 Å². The van der Waals surface area contributed by atoms with Crippen LogP contribution >= 0.6 is 0 Å². The minimum atomic E-state index is -0.649. The highest BCUT2D eigenvalue weighted by molar-refractivity contribution is 5.23. The molecule has 1 heterocycles. The van der Waals surface area contributed by atoms with Gasteiger partial charge in [0.05, 0.1) is 12.2 Å². The smallest absolute Gasteiger partial charge is 0.0710 e. The van der Waals surface area contributed by atoms with Crippen LogP contribution in [0.5, 0.6) is 0 Å². The summed E-state index contributed by atoms with van der Waals surface area (Å²) in [6, 6.07) is 8.35. The van der Waals surface area contributed by atoms with Gasteiger partial charge in [0.2, 0.25) is 0 Å². The van der Waals surface area contributed by atoms with Crippen molar-refractivity contribution in [1.82, 2.24) is 0 Å². The van der Waals surface area contributed by atoms with Crippen LogP contribution in [0.15, 0.2) is 24.3 Å². The van der Waals surface area contributed by atoms with Crippen LogP contribution in [0.1, 0.15) is 24.5 Å². The number of benzene rings is 1. The topological polar surface area (TPSA) is 29.5 Å². The molecule has 88 valence electrons. The maximum absolute atomic E-state index is 10.5. The van der Waals surface area contributed by atoms with Gasteiger partial charge in [-0.15, -0.1) is 0 Å². The second kappa shape index (κ2) is 4.56. The maximum Gasteiger partial charge on any atom is 0.0710 e. The van der Waals surface area contributed by atoms with Crippen molar-refractivity contribution in [3.05, 3.63) is 35.4 Å². The lowest BCUT2D eigenvalue weighted by atomic mass is 9.83. The number of aliphatic hydroxyl groups is 1. The fourth-order valence-electron chi connectivity index (χ4n) is 2.40. The molecule has 0 aliphatic carbocycles. The number of hydrogen-bond acceptors (Lipinski definition) is 2. The van der Waals surface area contributed by atoms with E-state index < -0.39 is 5.60 Å². The molecule has 1 N–H and O–H groups in total. The van der Waals surface area contributed by atoms with E-state index in [0.717, 1.165) is 13.0 Å². The Kier molecular flexibility index (Phi) is 3.31. The summed E-state index contributed by atoms with van der Waals surface area (Å²) >= 11 is 0. The summed E-state index contributed by atoms with van der Waals surface area (Å²) in [6.07, 6.45) is 1.68. The first-order valence-electron chi connectivity index (χ1n) is 5.93. The molecule has 0 spiro atoms. The molecular formula is C14H20O2. The second-order valence-corrected chi connectivity index (χ2v) is 5.08. The third-order valence-electron chi connectivity index (χ3n) is 3.45. The van der Waals surface area contributed by atoms with Gasteiger partial charge in [-0.2, -0.15) is 0 Å². The molecule has 0 aromatic heterocycles. The van der Waals surface area contributed by atoms with Crippen molar-refractivity contribution < 1.29 is 9.84 Å². The van der Waals surface area contributed by atoms with E-state index in [0.29, 0.717) is 13.0 Å². The molecule has 2 heteroatoms. The van der Waals surface area contributed by atoms with E-state index in [-0.39, 0.29) is 5.92 Å². The summed E-state index contributed by atoms with van der Waals surface area (Å²) in [7, 11) is 0. The summed E-state index contributed by atoms with van der Waals surface area (Å²) in [5.74, 6) is 0.271. The zero-order valence-electron chi connectivity index (χ0n) is 10.1. The van der Waals surface area contributed by atoms with E-state index in [4.69, 9.17) is 4.74 Å². The van der Waals surface area contributed by atoms with Crippen LogP contribution in [-0.2, 0) is 11.2 Å². The number of rotatable bonds is 3. The zero-order chi connectivity index (χ0) is 11.6. The molecule has 1 aromatic rings. The molecule has 2 nitrogen and oxygen atoms in total. The molecule has 2 unspecified atom stereocenters.